The van der Waals surface area contributed by atoms with Crippen molar-refractivity contribution in [2.75, 3.05) is 19.8 Å². The van der Waals surface area contributed by atoms with Crippen molar-refractivity contribution in [3.63, 3.8) is 0 Å². The maximum Gasteiger partial charge on any atom is 0.0457 e. The van der Waals surface area contributed by atoms with Gasteiger partial charge in [-0.3, -0.25) is 0 Å². The molecule has 2 nitrogen and oxygen atoms in total. The molecule has 0 spiro atoms. The van der Waals surface area contributed by atoms with Crippen molar-refractivity contribution >= 4 is 22.7 Å². The van der Waals surface area contributed by atoms with E-state index < -0.39 is 0 Å². The van der Waals surface area contributed by atoms with Gasteiger partial charge in [0.2, 0.25) is 0 Å². The molecule has 0 aliphatic carbocycles. The third-order valence-electron chi connectivity index (χ3n) is 4.10. The molecule has 1 aliphatic rings. The summed E-state index contributed by atoms with van der Waals surface area (Å²) in [6, 6.07) is 7.43. The highest BCUT2D eigenvalue weighted by Gasteiger charge is 2.22. The first-order valence-electron chi connectivity index (χ1n) is 6.62. The Morgan fingerprint density at radius 3 is 3.06 bits per heavy atom. The highest BCUT2D eigenvalue weighted by Crippen LogP contribution is 2.27. The molecule has 1 atom stereocenters. The Balaban J connectivity index is 1.91. The van der Waals surface area contributed by atoms with E-state index in [1.807, 2.05) is 11.8 Å². The molecule has 3 rings (SSSR count). The molecule has 0 saturated carbocycles. The Morgan fingerprint density at radius 1 is 1.44 bits per heavy atom. The first kappa shape index (κ1) is 12.1. The number of likely N-dealkylation sites (N-methyl/N-ethyl adjacent to an activating group) is 1. The molecule has 0 bridgehead atoms. The second-order valence-corrected chi connectivity index (χ2v) is 6.09. The zero-order valence-electron chi connectivity index (χ0n) is 11.1. The Morgan fingerprint density at radius 2 is 2.33 bits per heavy atom. The van der Waals surface area contributed by atoms with Gasteiger partial charge >= 0.3 is 0 Å². The SMILES string of the molecule is CSc1ccc2[nH]cc(C[C@H]3CCCN3C)c2c1. The summed E-state index contributed by atoms with van der Waals surface area (Å²) < 4.78 is 0. The maximum atomic E-state index is 3.40. The molecule has 96 valence electrons. The minimum Gasteiger partial charge on any atom is -0.361 e. The van der Waals surface area contributed by atoms with E-state index in [2.05, 4.69) is 47.6 Å². The average molecular weight is 260 g/mol. The Labute approximate surface area is 113 Å². The van der Waals surface area contributed by atoms with Gasteiger partial charge in [0.1, 0.15) is 0 Å². The smallest absolute Gasteiger partial charge is 0.0457 e. The van der Waals surface area contributed by atoms with Crippen molar-refractivity contribution in [1.82, 2.24) is 9.88 Å². The molecule has 0 unspecified atom stereocenters. The number of hydrogen-bond acceptors (Lipinski definition) is 2. The predicted molar refractivity (Wildman–Crippen MR) is 79.4 cm³/mol. The molecule has 0 radical (unpaired) electrons. The van der Waals surface area contributed by atoms with Crippen molar-refractivity contribution in [1.29, 1.82) is 0 Å². The van der Waals surface area contributed by atoms with Gasteiger partial charge in [-0.15, -0.1) is 11.8 Å². The lowest BCUT2D eigenvalue weighted by molar-refractivity contribution is 0.310. The third-order valence-corrected chi connectivity index (χ3v) is 4.83. The molecule has 1 aromatic heterocycles. The molecule has 1 saturated heterocycles. The van der Waals surface area contributed by atoms with Crippen LogP contribution in [0.4, 0.5) is 0 Å². The van der Waals surface area contributed by atoms with Gasteiger partial charge in [0.25, 0.3) is 0 Å². The number of rotatable bonds is 3. The molecule has 2 aromatic rings. The van der Waals surface area contributed by atoms with Gasteiger partial charge in [-0.2, -0.15) is 0 Å². The monoisotopic (exact) mass is 260 g/mol. The van der Waals surface area contributed by atoms with Crippen molar-refractivity contribution in [2.24, 2.45) is 0 Å². The van der Waals surface area contributed by atoms with Crippen molar-refractivity contribution < 1.29 is 0 Å². The van der Waals surface area contributed by atoms with E-state index >= 15 is 0 Å². The summed E-state index contributed by atoms with van der Waals surface area (Å²) in [4.78, 5) is 7.25. The molecule has 1 aromatic carbocycles. The number of aromatic amines is 1. The van der Waals surface area contributed by atoms with Crippen molar-refractivity contribution in [3.05, 3.63) is 30.0 Å². The number of likely N-dealkylation sites (tertiary alicyclic amines) is 1. The number of nitrogens with one attached hydrogen (secondary N) is 1. The molecular formula is C15H20N2S. The van der Waals surface area contributed by atoms with Gasteiger partial charge in [-0.05, 0) is 62.9 Å². The molecule has 3 heteroatoms. The first-order valence-corrected chi connectivity index (χ1v) is 7.84. The van der Waals surface area contributed by atoms with E-state index in [-0.39, 0.29) is 0 Å². The number of thioether (sulfide) groups is 1. The average Bonchev–Trinajstić information content (AvgIpc) is 2.97. The van der Waals surface area contributed by atoms with Gasteiger partial charge in [-0.25, -0.2) is 0 Å². The highest BCUT2D eigenvalue weighted by molar-refractivity contribution is 7.98. The summed E-state index contributed by atoms with van der Waals surface area (Å²) in [6.45, 7) is 1.25. The van der Waals surface area contributed by atoms with Crippen LogP contribution in [0.15, 0.2) is 29.3 Å². The fourth-order valence-electron chi connectivity index (χ4n) is 2.94. The van der Waals surface area contributed by atoms with Crippen molar-refractivity contribution in [2.45, 2.75) is 30.2 Å². The quantitative estimate of drug-likeness (QED) is 0.851. The van der Waals surface area contributed by atoms with E-state index in [9.17, 15) is 0 Å². The Hall–Kier alpha value is -0.930. The number of nitrogens with zero attached hydrogens (tertiary/aromatic N) is 1. The summed E-state index contributed by atoms with van der Waals surface area (Å²) >= 11 is 1.81. The van der Waals surface area contributed by atoms with Crippen LogP contribution in [0, 0.1) is 0 Å². The molecule has 0 amide bonds. The molecular weight excluding hydrogens is 240 g/mol. The molecule has 1 fully saturated rings. The second kappa shape index (κ2) is 4.98. The van der Waals surface area contributed by atoms with Gasteiger partial charge in [0, 0.05) is 28.0 Å². The predicted octanol–water partition coefficient (Wildman–Crippen LogP) is 3.53. The van der Waals surface area contributed by atoms with E-state index in [0.717, 1.165) is 6.04 Å². The lowest BCUT2D eigenvalue weighted by Crippen LogP contribution is -2.26. The fourth-order valence-corrected chi connectivity index (χ4v) is 3.38. The topological polar surface area (TPSA) is 19.0 Å². The van der Waals surface area contributed by atoms with Gasteiger partial charge < -0.3 is 9.88 Å². The van der Waals surface area contributed by atoms with Gasteiger partial charge in [-0.1, -0.05) is 0 Å². The molecule has 2 heterocycles. The van der Waals surface area contributed by atoms with Crippen LogP contribution in [-0.4, -0.2) is 35.8 Å². The zero-order chi connectivity index (χ0) is 12.5. The van der Waals surface area contributed by atoms with E-state index in [1.54, 1.807) is 0 Å². The van der Waals surface area contributed by atoms with E-state index in [0.29, 0.717) is 0 Å². The van der Waals surface area contributed by atoms with Crippen LogP contribution in [0.25, 0.3) is 10.9 Å². The largest absolute Gasteiger partial charge is 0.361 e. The summed E-state index contributed by atoms with van der Waals surface area (Å²) in [5, 5.41) is 1.40. The number of benzene rings is 1. The molecule has 1 aliphatic heterocycles. The van der Waals surface area contributed by atoms with Crippen LogP contribution in [-0.2, 0) is 6.42 Å². The third kappa shape index (κ3) is 2.17. The highest BCUT2D eigenvalue weighted by atomic mass is 32.2. The fraction of sp³-hybridized carbons (Fsp3) is 0.467. The van der Waals surface area contributed by atoms with Gasteiger partial charge in [0.15, 0.2) is 0 Å². The van der Waals surface area contributed by atoms with Crippen LogP contribution in [0.2, 0.25) is 0 Å². The van der Waals surface area contributed by atoms with Crippen LogP contribution in [0.5, 0.6) is 0 Å². The Bertz CT molecular complexity index is 546. The van der Waals surface area contributed by atoms with Crippen molar-refractivity contribution in [3.8, 4) is 0 Å². The summed E-state index contributed by atoms with van der Waals surface area (Å²) in [7, 11) is 2.25. The Kier molecular flexibility index (Phi) is 3.35. The lowest BCUT2D eigenvalue weighted by Gasteiger charge is -2.18. The number of aromatic nitrogens is 1. The number of fused-ring (bicyclic) bond motifs is 1. The van der Waals surface area contributed by atoms with Gasteiger partial charge in [0.05, 0.1) is 0 Å². The second-order valence-electron chi connectivity index (χ2n) is 5.21. The molecule has 1 N–H and O–H groups in total. The minimum atomic E-state index is 0.724. The maximum absolute atomic E-state index is 3.40. The minimum absolute atomic E-state index is 0.724. The van der Waals surface area contributed by atoms with E-state index in [1.165, 1.54) is 47.2 Å². The lowest BCUT2D eigenvalue weighted by atomic mass is 10.0. The van der Waals surface area contributed by atoms with Crippen LogP contribution in [0.1, 0.15) is 18.4 Å². The normalized spacial score (nSPS) is 20.9. The number of H-pyrrole nitrogens is 1. The van der Waals surface area contributed by atoms with Crippen LogP contribution in [0.3, 0.4) is 0 Å². The van der Waals surface area contributed by atoms with E-state index in [4.69, 9.17) is 0 Å². The summed E-state index contributed by atoms with van der Waals surface area (Å²) in [5.41, 5.74) is 2.74. The number of hydrogen-bond donors (Lipinski definition) is 1. The first-order chi connectivity index (χ1) is 8.78. The zero-order valence-corrected chi connectivity index (χ0v) is 11.9. The standard InChI is InChI=1S/C15H20N2S/c1-17-7-3-4-12(17)8-11-10-16-15-6-5-13(18-2)9-14(11)15/h5-6,9-10,12,16H,3-4,7-8H2,1-2H3/t12-/m1/s1. The summed E-state index contributed by atoms with van der Waals surface area (Å²) in [5.74, 6) is 0. The van der Waals surface area contributed by atoms with Crippen LogP contribution < -0.4 is 0 Å². The van der Waals surface area contributed by atoms with Crippen LogP contribution >= 0.6 is 11.8 Å². The summed E-state index contributed by atoms with van der Waals surface area (Å²) in [6.07, 6.45) is 8.19. The molecule has 18 heavy (non-hydrogen) atoms.